The number of nitrogen functional groups attached to an aromatic ring is 1. The summed E-state index contributed by atoms with van der Waals surface area (Å²) in [5.41, 5.74) is 7.63. The molecule has 1 aromatic rings. The van der Waals surface area contributed by atoms with Gasteiger partial charge in [0.05, 0.1) is 0 Å². The van der Waals surface area contributed by atoms with E-state index in [4.69, 9.17) is 5.73 Å². The molecule has 0 atom stereocenters. The molecular weight excluding hydrogens is 248 g/mol. The molecule has 1 saturated heterocycles. The van der Waals surface area contributed by atoms with Crippen molar-refractivity contribution in [2.24, 2.45) is 0 Å². The van der Waals surface area contributed by atoms with Gasteiger partial charge in [-0.05, 0) is 24.6 Å². The summed E-state index contributed by atoms with van der Waals surface area (Å²) < 4.78 is 0. The van der Waals surface area contributed by atoms with Gasteiger partial charge in [-0.1, -0.05) is 6.07 Å². The van der Waals surface area contributed by atoms with Crippen LogP contribution in [-0.2, 0) is 9.59 Å². The number of hydrogen-bond donors (Lipinski definition) is 1. The average molecular weight is 264 g/mol. The molecule has 2 N–H and O–H groups in total. The van der Waals surface area contributed by atoms with Crippen molar-refractivity contribution in [2.75, 3.05) is 18.0 Å². The summed E-state index contributed by atoms with van der Waals surface area (Å²) in [5.74, 6) is 0.608. The van der Waals surface area contributed by atoms with E-state index >= 15 is 0 Å². The molecule has 1 aliphatic rings. The standard InChI is InChI=1S/C13H16N2O2S/c1-9-2-3-10(14)8-11(9)18-7-6-15-12(16)4-5-13(15)17/h2-3,8H,4-7,14H2,1H3. The minimum Gasteiger partial charge on any atom is -0.399 e. The van der Waals surface area contributed by atoms with Gasteiger partial charge >= 0.3 is 0 Å². The van der Waals surface area contributed by atoms with E-state index in [2.05, 4.69) is 0 Å². The third kappa shape index (κ3) is 2.85. The maximum atomic E-state index is 11.4. The highest BCUT2D eigenvalue weighted by Crippen LogP contribution is 2.25. The topological polar surface area (TPSA) is 63.4 Å². The Morgan fingerprint density at radius 1 is 1.28 bits per heavy atom. The lowest BCUT2D eigenvalue weighted by Crippen LogP contribution is -2.31. The van der Waals surface area contributed by atoms with Crippen LogP contribution in [0.15, 0.2) is 23.1 Å². The lowest BCUT2D eigenvalue weighted by Gasteiger charge is -2.13. The molecule has 0 aliphatic carbocycles. The quantitative estimate of drug-likeness (QED) is 0.512. The van der Waals surface area contributed by atoms with Gasteiger partial charge in [0.25, 0.3) is 0 Å². The first kappa shape index (κ1) is 13.0. The molecule has 2 amide bonds. The van der Waals surface area contributed by atoms with Crippen molar-refractivity contribution >= 4 is 29.3 Å². The molecule has 1 fully saturated rings. The van der Waals surface area contributed by atoms with Crippen LogP contribution >= 0.6 is 11.8 Å². The number of imide groups is 1. The molecule has 0 unspecified atom stereocenters. The van der Waals surface area contributed by atoms with Crippen LogP contribution < -0.4 is 5.73 Å². The number of aryl methyl sites for hydroxylation is 1. The number of benzene rings is 1. The van der Waals surface area contributed by atoms with Crippen LogP contribution in [0.5, 0.6) is 0 Å². The van der Waals surface area contributed by atoms with Crippen LogP contribution in [0, 0.1) is 6.92 Å². The van der Waals surface area contributed by atoms with E-state index in [-0.39, 0.29) is 11.8 Å². The van der Waals surface area contributed by atoms with Gasteiger partial charge < -0.3 is 5.73 Å². The van der Waals surface area contributed by atoms with Crippen molar-refractivity contribution in [3.8, 4) is 0 Å². The molecule has 0 bridgehead atoms. The fourth-order valence-corrected chi connectivity index (χ4v) is 2.90. The molecule has 2 rings (SSSR count). The van der Waals surface area contributed by atoms with E-state index in [0.29, 0.717) is 25.1 Å². The van der Waals surface area contributed by atoms with Crippen LogP contribution in [0.3, 0.4) is 0 Å². The predicted octanol–water partition coefficient (Wildman–Crippen LogP) is 1.82. The molecule has 96 valence electrons. The number of thioether (sulfide) groups is 1. The molecule has 0 saturated carbocycles. The Hall–Kier alpha value is -1.49. The lowest BCUT2D eigenvalue weighted by molar-refractivity contribution is -0.137. The van der Waals surface area contributed by atoms with Crippen LogP contribution in [0.4, 0.5) is 5.69 Å². The SMILES string of the molecule is Cc1ccc(N)cc1SCCN1C(=O)CCC1=O. The fourth-order valence-electron chi connectivity index (χ4n) is 1.89. The number of carbonyl (C=O) groups excluding carboxylic acids is 2. The summed E-state index contributed by atoms with van der Waals surface area (Å²) in [4.78, 5) is 25.3. The second-order valence-electron chi connectivity index (χ2n) is 4.31. The van der Waals surface area contributed by atoms with Crippen molar-refractivity contribution in [3.63, 3.8) is 0 Å². The van der Waals surface area contributed by atoms with Crippen molar-refractivity contribution < 1.29 is 9.59 Å². The van der Waals surface area contributed by atoms with Crippen LogP contribution in [-0.4, -0.2) is 29.0 Å². The largest absolute Gasteiger partial charge is 0.399 e. The highest BCUT2D eigenvalue weighted by Gasteiger charge is 2.28. The Labute approximate surface area is 111 Å². The zero-order valence-electron chi connectivity index (χ0n) is 10.3. The Bertz CT molecular complexity index is 472. The number of hydrogen-bond acceptors (Lipinski definition) is 4. The number of rotatable bonds is 4. The van der Waals surface area contributed by atoms with Gasteiger partial charge in [0, 0.05) is 35.7 Å². The molecule has 5 heteroatoms. The summed E-state index contributed by atoms with van der Waals surface area (Å²) >= 11 is 1.63. The Morgan fingerprint density at radius 3 is 2.61 bits per heavy atom. The monoisotopic (exact) mass is 264 g/mol. The van der Waals surface area contributed by atoms with Crippen molar-refractivity contribution in [3.05, 3.63) is 23.8 Å². The Morgan fingerprint density at radius 2 is 1.94 bits per heavy atom. The van der Waals surface area contributed by atoms with E-state index < -0.39 is 0 Å². The van der Waals surface area contributed by atoms with Gasteiger partial charge in [0.15, 0.2) is 0 Å². The van der Waals surface area contributed by atoms with Crippen molar-refractivity contribution in [1.29, 1.82) is 0 Å². The maximum absolute atomic E-state index is 11.4. The first-order valence-corrected chi connectivity index (χ1v) is 6.88. The summed E-state index contributed by atoms with van der Waals surface area (Å²) in [6, 6.07) is 5.77. The Balaban J connectivity index is 1.90. The summed E-state index contributed by atoms with van der Waals surface area (Å²) in [6.45, 7) is 2.50. The van der Waals surface area contributed by atoms with Crippen molar-refractivity contribution in [2.45, 2.75) is 24.7 Å². The third-order valence-corrected chi connectivity index (χ3v) is 4.08. The summed E-state index contributed by atoms with van der Waals surface area (Å²) in [7, 11) is 0. The van der Waals surface area contributed by atoms with Gasteiger partial charge in [-0.15, -0.1) is 11.8 Å². The van der Waals surface area contributed by atoms with E-state index in [1.54, 1.807) is 11.8 Å². The second kappa shape index (κ2) is 5.44. The zero-order chi connectivity index (χ0) is 13.1. The highest BCUT2D eigenvalue weighted by molar-refractivity contribution is 7.99. The average Bonchev–Trinajstić information content (AvgIpc) is 2.65. The minimum absolute atomic E-state index is 0.0510. The number of carbonyl (C=O) groups is 2. The minimum atomic E-state index is -0.0510. The zero-order valence-corrected chi connectivity index (χ0v) is 11.1. The van der Waals surface area contributed by atoms with Gasteiger partial charge in [0.2, 0.25) is 11.8 Å². The van der Waals surface area contributed by atoms with E-state index in [9.17, 15) is 9.59 Å². The maximum Gasteiger partial charge on any atom is 0.229 e. The molecule has 0 spiro atoms. The van der Waals surface area contributed by atoms with Gasteiger partial charge in [-0.2, -0.15) is 0 Å². The number of amides is 2. The number of nitrogens with zero attached hydrogens (tertiary/aromatic N) is 1. The molecule has 4 nitrogen and oxygen atoms in total. The first-order valence-electron chi connectivity index (χ1n) is 5.90. The predicted molar refractivity (Wildman–Crippen MR) is 72.3 cm³/mol. The van der Waals surface area contributed by atoms with E-state index in [1.807, 2.05) is 25.1 Å². The molecule has 0 radical (unpaired) electrons. The summed E-state index contributed by atoms with van der Waals surface area (Å²) in [6.07, 6.45) is 0.724. The second-order valence-corrected chi connectivity index (χ2v) is 5.45. The molecule has 0 aromatic heterocycles. The fraction of sp³-hybridized carbons (Fsp3) is 0.385. The van der Waals surface area contributed by atoms with Crippen LogP contribution in [0.25, 0.3) is 0 Å². The third-order valence-electron chi connectivity index (χ3n) is 2.94. The number of nitrogens with two attached hydrogens (primary N) is 1. The van der Waals surface area contributed by atoms with Crippen LogP contribution in [0.1, 0.15) is 18.4 Å². The first-order chi connectivity index (χ1) is 8.58. The van der Waals surface area contributed by atoms with Crippen molar-refractivity contribution in [1.82, 2.24) is 4.90 Å². The number of likely N-dealkylation sites (tertiary alicyclic amines) is 1. The van der Waals surface area contributed by atoms with E-state index in [1.165, 1.54) is 4.90 Å². The normalized spacial score (nSPS) is 15.5. The van der Waals surface area contributed by atoms with Gasteiger partial charge in [0.1, 0.15) is 0 Å². The molecule has 1 aliphatic heterocycles. The molecule has 1 aromatic carbocycles. The Kier molecular flexibility index (Phi) is 3.91. The smallest absolute Gasteiger partial charge is 0.229 e. The molecule has 18 heavy (non-hydrogen) atoms. The van der Waals surface area contributed by atoms with Crippen LogP contribution in [0.2, 0.25) is 0 Å². The number of anilines is 1. The lowest BCUT2D eigenvalue weighted by atomic mass is 10.2. The molecular formula is C13H16N2O2S. The van der Waals surface area contributed by atoms with Gasteiger partial charge in [-0.25, -0.2) is 0 Å². The van der Waals surface area contributed by atoms with Gasteiger partial charge in [-0.3, -0.25) is 14.5 Å². The summed E-state index contributed by atoms with van der Waals surface area (Å²) in [5, 5.41) is 0. The van der Waals surface area contributed by atoms with E-state index in [0.717, 1.165) is 16.1 Å². The highest BCUT2D eigenvalue weighted by atomic mass is 32.2. The molecule has 1 heterocycles.